The summed E-state index contributed by atoms with van der Waals surface area (Å²) in [5.41, 5.74) is 1.55. The van der Waals surface area contributed by atoms with E-state index in [2.05, 4.69) is 15.9 Å². The molecule has 2 aliphatic heterocycles. The zero-order chi connectivity index (χ0) is 24.9. The van der Waals surface area contributed by atoms with Crippen LogP contribution in [-0.4, -0.2) is 71.2 Å². The molecule has 0 radical (unpaired) electrons. The second kappa shape index (κ2) is 14.6. The van der Waals surface area contributed by atoms with Gasteiger partial charge in [0.2, 0.25) is 0 Å². The standard InChI is InChI=1S/C27H35FN2O4S.2ClH/c1-18(31)35-24-12-15-30(26(27(33)19-9-10-19)22-7-3-4-8-23(22)28)17-20(24)11-14-29-13-5-6-21(29)16-25(32)34-2;;/h3-4,7-8,11,19,21,24,26H,5-6,9-10,12-17H2,1-2H3;2*1H/b20-11+;;/t21-,24?,26?;;/m0../s1. The van der Waals surface area contributed by atoms with E-state index in [4.69, 9.17) is 4.74 Å². The number of carbonyl (C=O) groups is 3. The number of piperidine rings is 1. The zero-order valence-corrected chi connectivity index (χ0v) is 23.8. The van der Waals surface area contributed by atoms with Crippen molar-refractivity contribution in [1.29, 1.82) is 0 Å². The SMILES string of the molecule is COC(=O)C[C@@H]1CCCN1C/C=C1\CN(C(C(=O)C2CC2)c2ccccc2F)CCC1SC(C)=O.Cl.Cl. The third-order valence-corrected chi connectivity index (χ3v) is 8.47. The number of likely N-dealkylation sites (tertiary alicyclic amines) is 2. The maximum Gasteiger partial charge on any atom is 0.307 e. The number of esters is 1. The lowest BCUT2D eigenvalue weighted by atomic mass is 9.93. The fourth-order valence-corrected chi connectivity index (χ4v) is 6.28. The molecular formula is C27H37Cl2FN2O4S. The summed E-state index contributed by atoms with van der Waals surface area (Å²) in [6.07, 6.45) is 7.02. The maximum atomic E-state index is 14.8. The van der Waals surface area contributed by atoms with Crippen molar-refractivity contribution >= 4 is 53.4 Å². The Kier molecular flexibility index (Phi) is 12.6. The van der Waals surface area contributed by atoms with E-state index in [1.807, 2.05) is 0 Å². The molecule has 3 atom stereocenters. The summed E-state index contributed by atoms with van der Waals surface area (Å²) in [4.78, 5) is 41.5. The van der Waals surface area contributed by atoms with E-state index in [1.165, 1.54) is 24.9 Å². The van der Waals surface area contributed by atoms with Gasteiger partial charge in [0, 0.05) is 49.3 Å². The Morgan fingerprint density at radius 1 is 1.14 bits per heavy atom. The number of rotatable bonds is 9. The summed E-state index contributed by atoms with van der Waals surface area (Å²) in [7, 11) is 1.42. The molecule has 0 bridgehead atoms. The maximum absolute atomic E-state index is 14.8. The predicted molar refractivity (Wildman–Crippen MR) is 149 cm³/mol. The van der Waals surface area contributed by atoms with Crippen molar-refractivity contribution in [3.8, 4) is 0 Å². The van der Waals surface area contributed by atoms with Gasteiger partial charge in [-0.15, -0.1) is 24.8 Å². The average molecular weight is 576 g/mol. The molecule has 2 unspecified atom stereocenters. The number of carbonyl (C=O) groups excluding carboxylic acids is 3. The fourth-order valence-electron chi connectivity index (χ4n) is 5.33. The predicted octanol–water partition coefficient (Wildman–Crippen LogP) is 5.00. The summed E-state index contributed by atoms with van der Waals surface area (Å²) in [6, 6.07) is 6.14. The number of Topliss-reactive ketones (excluding diaryl/α,β-unsaturated/α-hetero) is 1. The van der Waals surface area contributed by atoms with E-state index in [1.54, 1.807) is 25.1 Å². The number of ether oxygens (including phenoxy) is 1. The number of methoxy groups -OCH3 is 1. The highest BCUT2D eigenvalue weighted by molar-refractivity contribution is 8.14. The van der Waals surface area contributed by atoms with E-state index < -0.39 is 6.04 Å². The molecule has 1 aliphatic carbocycles. The van der Waals surface area contributed by atoms with Crippen LogP contribution >= 0.6 is 36.6 Å². The third-order valence-electron chi connectivity index (χ3n) is 7.32. The van der Waals surface area contributed by atoms with Crippen LogP contribution in [0.25, 0.3) is 0 Å². The molecule has 0 spiro atoms. The van der Waals surface area contributed by atoms with Gasteiger partial charge in [0.05, 0.1) is 19.6 Å². The normalized spacial score (nSPS) is 24.1. The van der Waals surface area contributed by atoms with Crippen LogP contribution in [0.2, 0.25) is 0 Å². The van der Waals surface area contributed by atoms with Gasteiger partial charge in [-0.1, -0.05) is 36.0 Å². The van der Waals surface area contributed by atoms with Crippen molar-refractivity contribution in [3.05, 3.63) is 47.3 Å². The summed E-state index contributed by atoms with van der Waals surface area (Å²) in [5, 5.41) is 0.113. The van der Waals surface area contributed by atoms with E-state index in [0.29, 0.717) is 31.6 Å². The second-order valence-corrected chi connectivity index (χ2v) is 11.2. The minimum atomic E-state index is -0.603. The lowest BCUT2D eigenvalue weighted by molar-refractivity contribution is -0.141. The van der Waals surface area contributed by atoms with Crippen molar-refractivity contribution in [2.45, 2.75) is 62.8 Å². The Labute approximate surface area is 235 Å². The molecule has 1 aromatic carbocycles. The molecule has 0 N–H and O–H groups in total. The average Bonchev–Trinajstić information content (AvgIpc) is 3.60. The topological polar surface area (TPSA) is 66.9 Å². The van der Waals surface area contributed by atoms with Crippen molar-refractivity contribution in [2.75, 3.05) is 33.3 Å². The van der Waals surface area contributed by atoms with Crippen LogP contribution in [0.1, 0.15) is 57.1 Å². The number of halogens is 3. The first-order valence-corrected chi connectivity index (χ1v) is 13.4. The molecule has 1 aromatic rings. The van der Waals surface area contributed by atoms with E-state index in [9.17, 15) is 18.8 Å². The molecule has 3 fully saturated rings. The molecule has 4 rings (SSSR count). The third kappa shape index (κ3) is 8.27. The van der Waals surface area contributed by atoms with E-state index in [-0.39, 0.29) is 64.7 Å². The van der Waals surface area contributed by atoms with Crippen LogP contribution in [0.5, 0.6) is 0 Å². The Bertz CT molecular complexity index is 991. The largest absolute Gasteiger partial charge is 0.469 e. The monoisotopic (exact) mass is 574 g/mol. The van der Waals surface area contributed by atoms with Gasteiger partial charge >= 0.3 is 5.97 Å². The van der Waals surface area contributed by atoms with Gasteiger partial charge in [0.15, 0.2) is 10.9 Å². The first kappa shape index (κ1) is 31.8. The zero-order valence-electron chi connectivity index (χ0n) is 21.4. The van der Waals surface area contributed by atoms with Crippen LogP contribution in [-0.2, 0) is 19.1 Å². The van der Waals surface area contributed by atoms with Crippen LogP contribution in [0, 0.1) is 11.7 Å². The molecule has 3 aliphatic rings. The highest BCUT2D eigenvalue weighted by Crippen LogP contribution is 2.40. The number of benzene rings is 1. The summed E-state index contributed by atoms with van der Waals surface area (Å²) >= 11 is 1.34. The smallest absolute Gasteiger partial charge is 0.307 e. The van der Waals surface area contributed by atoms with E-state index in [0.717, 1.165) is 44.2 Å². The molecule has 2 heterocycles. The van der Waals surface area contributed by atoms with Gasteiger partial charge in [-0.25, -0.2) is 4.39 Å². The molecular weight excluding hydrogens is 538 g/mol. The Balaban J connectivity index is 0.00000241. The number of ketones is 1. The van der Waals surface area contributed by atoms with Crippen molar-refractivity contribution < 1.29 is 23.5 Å². The number of thioether (sulfide) groups is 1. The van der Waals surface area contributed by atoms with Crippen LogP contribution in [0.15, 0.2) is 35.9 Å². The van der Waals surface area contributed by atoms with Crippen molar-refractivity contribution in [2.24, 2.45) is 5.92 Å². The van der Waals surface area contributed by atoms with Crippen molar-refractivity contribution in [3.63, 3.8) is 0 Å². The fraction of sp³-hybridized carbons (Fsp3) is 0.593. The molecule has 206 valence electrons. The number of nitrogens with zero attached hydrogens (tertiary/aromatic N) is 2. The quantitative estimate of drug-likeness (QED) is 0.304. The summed E-state index contributed by atoms with van der Waals surface area (Å²) < 4.78 is 19.7. The van der Waals surface area contributed by atoms with Gasteiger partial charge in [-0.05, 0) is 50.3 Å². The Morgan fingerprint density at radius 3 is 2.51 bits per heavy atom. The van der Waals surface area contributed by atoms with Gasteiger partial charge in [-0.3, -0.25) is 24.2 Å². The molecule has 1 saturated carbocycles. The first-order valence-electron chi connectivity index (χ1n) is 12.6. The van der Waals surface area contributed by atoms with Crippen LogP contribution in [0.4, 0.5) is 4.39 Å². The minimum absolute atomic E-state index is 0. The van der Waals surface area contributed by atoms with Gasteiger partial charge < -0.3 is 4.74 Å². The molecule has 0 aromatic heterocycles. The second-order valence-electron chi connectivity index (χ2n) is 9.81. The van der Waals surface area contributed by atoms with Gasteiger partial charge in [0.25, 0.3) is 0 Å². The highest BCUT2D eigenvalue weighted by atomic mass is 35.5. The lowest BCUT2D eigenvalue weighted by Crippen LogP contribution is -2.43. The van der Waals surface area contributed by atoms with Gasteiger partial charge in [-0.2, -0.15) is 0 Å². The Hall–Kier alpha value is -1.45. The minimum Gasteiger partial charge on any atom is -0.469 e. The van der Waals surface area contributed by atoms with Crippen LogP contribution < -0.4 is 0 Å². The van der Waals surface area contributed by atoms with Crippen molar-refractivity contribution in [1.82, 2.24) is 9.80 Å². The molecule has 37 heavy (non-hydrogen) atoms. The molecule has 0 amide bonds. The number of hydrogen-bond acceptors (Lipinski definition) is 7. The molecule has 6 nitrogen and oxygen atoms in total. The summed E-state index contributed by atoms with van der Waals surface area (Å²) in [5.74, 6) is -0.431. The summed E-state index contributed by atoms with van der Waals surface area (Å²) in [6.45, 7) is 4.34. The number of hydrogen-bond donors (Lipinski definition) is 0. The Morgan fingerprint density at radius 2 is 1.86 bits per heavy atom. The van der Waals surface area contributed by atoms with Gasteiger partial charge in [0.1, 0.15) is 5.82 Å². The molecule has 2 saturated heterocycles. The molecule has 10 heteroatoms. The first-order chi connectivity index (χ1) is 16.9. The highest BCUT2D eigenvalue weighted by Gasteiger charge is 2.41. The lowest BCUT2D eigenvalue weighted by Gasteiger charge is -2.39. The van der Waals surface area contributed by atoms with E-state index >= 15 is 0 Å². The van der Waals surface area contributed by atoms with Crippen LogP contribution in [0.3, 0.4) is 0 Å².